The minimum Gasteiger partial charge on any atom is -0.266 e. The summed E-state index contributed by atoms with van der Waals surface area (Å²) in [6, 6.07) is 8.25. The molecule has 2 heteroatoms. The zero-order valence-electron chi connectivity index (χ0n) is 6.62. The highest BCUT2D eigenvalue weighted by Gasteiger charge is 2.17. The first-order valence-corrected chi connectivity index (χ1v) is 4.17. The van der Waals surface area contributed by atoms with Gasteiger partial charge in [-0.15, -0.1) is 0 Å². The van der Waals surface area contributed by atoms with Crippen LogP contribution in [0.5, 0.6) is 0 Å². The molecule has 0 bridgehead atoms. The van der Waals surface area contributed by atoms with Gasteiger partial charge < -0.3 is 0 Å². The first-order valence-electron chi connectivity index (χ1n) is 4.17. The molecule has 3 rings (SSSR count). The van der Waals surface area contributed by atoms with Gasteiger partial charge in [-0.25, -0.2) is 4.99 Å². The Morgan fingerprint density at radius 2 is 2.08 bits per heavy atom. The molecule has 0 spiro atoms. The van der Waals surface area contributed by atoms with Crippen LogP contribution in [0.25, 0.3) is 5.57 Å². The van der Waals surface area contributed by atoms with Gasteiger partial charge in [0, 0.05) is 17.3 Å². The van der Waals surface area contributed by atoms with Crippen LogP contribution in [0.15, 0.2) is 34.3 Å². The quantitative estimate of drug-likeness (QED) is 0.515. The van der Waals surface area contributed by atoms with Crippen LogP contribution in [0.2, 0.25) is 0 Å². The summed E-state index contributed by atoms with van der Waals surface area (Å²) in [5, 5.41) is 2.37. The first kappa shape index (κ1) is 6.12. The van der Waals surface area contributed by atoms with Crippen molar-refractivity contribution in [2.75, 3.05) is 6.54 Å². The van der Waals surface area contributed by atoms with Gasteiger partial charge in [-0.05, 0) is 12.5 Å². The van der Waals surface area contributed by atoms with Crippen molar-refractivity contribution < 1.29 is 0 Å². The summed E-state index contributed by atoms with van der Waals surface area (Å²) in [6.45, 7) is 0.919. The van der Waals surface area contributed by atoms with Crippen molar-refractivity contribution in [3.63, 3.8) is 0 Å². The SMILES string of the molecule is c1ccc2c(c1)=NC1=NCCC=21. The van der Waals surface area contributed by atoms with Crippen molar-refractivity contribution in [3.05, 3.63) is 34.8 Å². The predicted molar refractivity (Wildman–Crippen MR) is 47.6 cm³/mol. The average Bonchev–Trinajstić information content (AvgIpc) is 2.62. The maximum absolute atomic E-state index is 4.43. The molecule has 0 radical (unpaired) electrons. The molecule has 2 aliphatic heterocycles. The molecule has 0 saturated carbocycles. The van der Waals surface area contributed by atoms with Gasteiger partial charge in [0.1, 0.15) is 0 Å². The summed E-state index contributed by atoms with van der Waals surface area (Å²) in [5.74, 6) is 0.969. The summed E-state index contributed by atoms with van der Waals surface area (Å²) in [4.78, 5) is 8.75. The van der Waals surface area contributed by atoms with Crippen LogP contribution in [0.4, 0.5) is 0 Å². The number of rotatable bonds is 0. The molecule has 0 fully saturated rings. The number of benzene rings is 1. The maximum Gasteiger partial charge on any atom is 0.151 e. The van der Waals surface area contributed by atoms with E-state index in [-0.39, 0.29) is 0 Å². The van der Waals surface area contributed by atoms with Gasteiger partial charge >= 0.3 is 0 Å². The van der Waals surface area contributed by atoms with Crippen molar-refractivity contribution >= 4 is 11.4 Å². The molecule has 12 heavy (non-hydrogen) atoms. The van der Waals surface area contributed by atoms with Gasteiger partial charge in [-0.2, -0.15) is 0 Å². The Balaban J connectivity index is 2.52. The molecule has 1 aromatic rings. The largest absolute Gasteiger partial charge is 0.266 e. The van der Waals surface area contributed by atoms with Crippen molar-refractivity contribution in [1.29, 1.82) is 0 Å². The highest BCUT2D eigenvalue weighted by molar-refractivity contribution is 6.20. The molecule has 0 saturated heterocycles. The van der Waals surface area contributed by atoms with Crippen LogP contribution in [-0.2, 0) is 0 Å². The van der Waals surface area contributed by atoms with Crippen molar-refractivity contribution in [2.45, 2.75) is 6.42 Å². The Morgan fingerprint density at radius 1 is 1.17 bits per heavy atom. The summed E-state index contributed by atoms with van der Waals surface area (Å²) in [6.07, 6.45) is 1.07. The maximum atomic E-state index is 4.43. The molecule has 2 nitrogen and oxygen atoms in total. The normalized spacial score (nSPS) is 18.3. The van der Waals surface area contributed by atoms with E-state index >= 15 is 0 Å². The van der Waals surface area contributed by atoms with E-state index in [0.717, 1.165) is 24.2 Å². The summed E-state index contributed by atoms with van der Waals surface area (Å²) in [5.41, 5.74) is 1.34. The third-order valence-electron chi connectivity index (χ3n) is 2.35. The second-order valence-electron chi connectivity index (χ2n) is 3.06. The van der Waals surface area contributed by atoms with Crippen LogP contribution in [-0.4, -0.2) is 12.4 Å². The highest BCUT2D eigenvalue weighted by atomic mass is 15.0. The third kappa shape index (κ3) is 0.644. The molecule has 58 valence electrons. The standard InChI is InChI=1S/C10H8N2/c1-2-4-9-7(3-1)8-5-6-11-10(8)12-9/h1-4H,5-6H2. The van der Waals surface area contributed by atoms with Crippen LogP contribution < -0.4 is 10.6 Å². The lowest BCUT2D eigenvalue weighted by Crippen LogP contribution is -2.21. The monoisotopic (exact) mass is 156 g/mol. The van der Waals surface area contributed by atoms with Gasteiger partial charge in [0.25, 0.3) is 0 Å². The molecule has 1 aromatic carbocycles. The molecule has 0 aromatic heterocycles. The number of hydrogen-bond acceptors (Lipinski definition) is 2. The molecular formula is C10H8N2. The van der Waals surface area contributed by atoms with Crippen LogP contribution in [0.1, 0.15) is 6.42 Å². The lowest BCUT2D eigenvalue weighted by Gasteiger charge is -1.87. The van der Waals surface area contributed by atoms with E-state index in [4.69, 9.17) is 0 Å². The lowest BCUT2D eigenvalue weighted by molar-refractivity contribution is 1.07. The first-order chi connectivity index (χ1) is 5.95. The van der Waals surface area contributed by atoms with Gasteiger partial charge in [0.2, 0.25) is 0 Å². The number of nitrogens with zero attached hydrogens (tertiary/aromatic N) is 2. The van der Waals surface area contributed by atoms with Gasteiger partial charge in [-0.1, -0.05) is 18.2 Å². The van der Waals surface area contributed by atoms with Crippen LogP contribution in [0.3, 0.4) is 0 Å². The number of amidine groups is 1. The minimum atomic E-state index is 0.919. The molecule has 0 amide bonds. The Morgan fingerprint density at radius 3 is 3.08 bits per heavy atom. The second-order valence-corrected chi connectivity index (χ2v) is 3.06. The van der Waals surface area contributed by atoms with Crippen molar-refractivity contribution in [2.24, 2.45) is 9.98 Å². The molecular weight excluding hydrogens is 148 g/mol. The lowest BCUT2D eigenvalue weighted by atomic mass is 10.1. The van der Waals surface area contributed by atoms with E-state index < -0.39 is 0 Å². The minimum absolute atomic E-state index is 0.919. The summed E-state index contributed by atoms with van der Waals surface area (Å²) < 4.78 is 0. The molecule has 0 atom stereocenters. The number of aliphatic imine (C=N–C) groups is 1. The predicted octanol–water partition coefficient (Wildman–Crippen LogP) is 0.273. The molecule has 2 heterocycles. The van der Waals surface area contributed by atoms with Crippen molar-refractivity contribution in [3.8, 4) is 0 Å². The van der Waals surface area contributed by atoms with Crippen LogP contribution in [0, 0.1) is 0 Å². The topological polar surface area (TPSA) is 24.7 Å². The smallest absolute Gasteiger partial charge is 0.151 e. The second kappa shape index (κ2) is 2.03. The van der Waals surface area contributed by atoms with E-state index in [1.807, 2.05) is 12.1 Å². The molecule has 0 N–H and O–H groups in total. The van der Waals surface area contributed by atoms with Gasteiger partial charge in [-0.3, -0.25) is 4.99 Å². The van der Waals surface area contributed by atoms with E-state index in [2.05, 4.69) is 22.1 Å². The van der Waals surface area contributed by atoms with Crippen LogP contribution >= 0.6 is 0 Å². The fourth-order valence-corrected chi connectivity index (χ4v) is 1.78. The molecule has 0 unspecified atom stereocenters. The number of para-hydroxylation sites is 1. The fraction of sp³-hybridized carbons (Fsp3) is 0.200. The van der Waals surface area contributed by atoms with Gasteiger partial charge in [0.15, 0.2) is 5.84 Å². The number of fused-ring (bicyclic) bond motifs is 2. The zero-order chi connectivity index (χ0) is 7.97. The number of hydrogen-bond donors (Lipinski definition) is 0. The highest BCUT2D eigenvalue weighted by Crippen LogP contribution is 2.14. The Hall–Kier alpha value is -1.44. The Kier molecular flexibility index (Phi) is 1.04. The summed E-state index contributed by atoms with van der Waals surface area (Å²) in [7, 11) is 0. The van der Waals surface area contributed by atoms with E-state index in [0.29, 0.717) is 0 Å². The van der Waals surface area contributed by atoms with E-state index in [9.17, 15) is 0 Å². The molecule has 2 aliphatic rings. The summed E-state index contributed by atoms with van der Waals surface area (Å²) >= 11 is 0. The van der Waals surface area contributed by atoms with Gasteiger partial charge in [0.05, 0.1) is 5.36 Å². The Bertz CT molecular complexity index is 483. The van der Waals surface area contributed by atoms with Crippen molar-refractivity contribution in [1.82, 2.24) is 0 Å². The average molecular weight is 156 g/mol. The third-order valence-corrected chi connectivity index (χ3v) is 2.35. The fourth-order valence-electron chi connectivity index (χ4n) is 1.78. The zero-order valence-corrected chi connectivity index (χ0v) is 6.62. The van der Waals surface area contributed by atoms with E-state index in [1.54, 1.807) is 0 Å². The Labute approximate surface area is 70.0 Å². The molecule has 0 aliphatic carbocycles. The van der Waals surface area contributed by atoms with E-state index in [1.165, 1.54) is 10.8 Å².